The van der Waals surface area contributed by atoms with Gasteiger partial charge in [-0.05, 0) is 47.2 Å². The first-order valence-electron chi connectivity index (χ1n) is 12.3. The van der Waals surface area contributed by atoms with Gasteiger partial charge < -0.3 is 15.5 Å². The van der Waals surface area contributed by atoms with E-state index in [4.69, 9.17) is 0 Å². The van der Waals surface area contributed by atoms with Gasteiger partial charge in [-0.3, -0.25) is 9.59 Å². The van der Waals surface area contributed by atoms with Crippen LogP contribution in [0.5, 0.6) is 0 Å². The van der Waals surface area contributed by atoms with E-state index >= 15 is 0 Å². The topological polar surface area (TPSA) is 61.4 Å². The number of anilines is 2. The third kappa shape index (κ3) is 4.89. The van der Waals surface area contributed by atoms with Crippen molar-refractivity contribution in [1.29, 1.82) is 0 Å². The first-order chi connectivity index (χ1) is 17.3. The standard InChI is InChI=1S/C30H30FN3O2/c1-30(2)16-24-28(26(35)17-30)29(21-12-14-22(31)15-13-21)34(25-11-7-6-10-23(25)33-24)19-27(36)32-18-20-8-4-3-5-9-20/h3-15,29,33H,16-19H2,1-2H3,(H,32,36)/t29-/m0/s1. The highest BCUT2D eigenvalue weighted by atomic mass is 19.1. The van der Waals surface area contributed by atoms with Gasteiger partial charge in [0.25, 0.3) is 0 Å². The van der Waals surface area contributed by atoms with Gasteiger partial charge in [0.05, 0.1) is 24.0 Å². The fraction of sp³-hybridized carbons (Fsp3) is 0.267. The number of carbonyl (C=O) groups is 2. The van der Waals surface area contributed by atoms with Crippen molar-refractivity contribution in [2.75, 3.05) is 16.8 Å². The van der Waals surface area contributed by atoms with Crippen molar-refractivity contribution in [3.05, 3.63) is 107 Å². The number of hydrogen-bond acceptors (Lipinski definition) is 4. The second-order valence-electron chi connectivity index (χ2n) is 10.3. The van der Waals surface area contributed by atoms with Gasteiger partial charge in [-0.25, -0.2) is 4.39 Å². The van der Waals surface area contributed by atoms with Gasteiger partial charge in [-0.15, -0.1) is 0 Å². The van der Waals surface area contributed by atoms with Gasteiger partial charge in [-0.1, -0.05) is 68.4 Å². The van der Waals surface area contributed by atoms with Gasteiger partial charge in [0, 0.05) is 24.2 Å². The lowest BCUT2D eigenvalue weighted by atomic mass is 9.73. The molecular weight excluding hydrogens is 453 g/mol. The minimum atomic E-state index is -0.525. The predicted octanol–water partition coefficient (Wildman–Crippen LogP) is 5.76. The summed E-state index contributed by atoms with van der Waals surface area (Å²) < 4.78 is 13.9. The Morgan fingerprint density at radius 2 is 1.69 bits per heavy atom. The molecule has 1 heterocycles. The summed E-state index contributed by atoms with van der Waals surface area (Å²) in [7, 11) is 0. The fourth-order valence-corrected chi connectivity index (χ4v) is 5.23. The number of ketones is 1. The molecule has 0 fully saturated rings. The average Bonchev–Trinajstić information content (AvgIpc) is 2.98. The van der Waals surface area contributed by atoms with Crippen LogP contribution in [0.2, 0.25) is 0 Å². The number of nitrogens with one attached hydrogen (secondary N) is 2. The summed E-state index contributed by atoms with van der Waals surface area (Å²) >= 11 is 0. The number of halogens is 1. The Morgan fingerprint density at radius 3 is 2.44 bits per heavy atom. The molecule has 1 aliphatic heterocycles. The number of Topliss-reactive ketones (excluding diaryl/α,β-unsaturated/α-hetero) is 1. The molecule has 0 spiro atoms. The van der Waals surface area contributed by atoms with E-state index in [1.54, 1.807) is 12.1 Å². The molecule has 5 rings (SSSR count). The summed E-state index contributed by atoms with van der Waals surface area (Å²) in [6.07, 6.45) is 1.11. The van der Waals surface area contributed by atoms with E-state index in [0.717, 1.165) is 28.2 Å². The van der Waals surface area contributed by atoms with Gasteiger partial charge in [0.1, 0.15) is 5.82 Å². The van der Waals surface area contributed by atoms with Crippen molar-refractivity contribution in [3.8, 4) is 0 Å². The largest absolute Gasteiger partial charge is 0.357 e. The van der Waals surface area contributed by atoms with Crippen molar-refractivity contribution in [1.82, 2.24) is 5.32 Å². The minimum Gasteiger partial charge on any atom is -0.357 e. The molecule has 1 atom stereocenters. The number of allylic oxidation sites excluding steroid dienone is 1. The Morgan fingerprint density at radius 1 is 1.00 bits per heavy atom. The summed E-state index contributed by atoms with van der Waals surface area (Å²) in [4.78, 5) is 28.9. The van der Waals surface area contributed by atoms with Crippen LogP contribution in [-0.2, 0) is 16.1 Å². The molecule has 6 heteroatoms. The molecule has 36 heavy (non-hydrogen) atoms. The van der Waals surface area contributed by atoms with Crippen LogP contribution >= 0.6 is 0 Å². The van der Waals surface area contributed by atoms with Crippen LogP contribution < -0.4 is 15.5 Å². The summed E-state index contributed by atoms with van der Waals surface area (Å²) in [6, 6.07) is 23.2. The van der Waals surface area contributed by atoms with E-state index in [9.17, 15) is 14.0 Å². The van der Waals surface area contributed by atoms with Crippen LogP contribution in [0.15, 0.2) is 90.1 Å². The van der Waals surface area contributed by atoms with Crippen LogP contribution in [-0.4, -0.2) is 18.2 Å². The molecule has 0 unspecified atom stereocenters. The van der Waals surface area contributed by atoms with Crippen LogP contribution in [0.4, 0.5) is 15.8 Å². The lowest BCUT2D eigenvalue weighted by Gasteiger charge is -2.37. The van der Waals surface area contributed by atoms with Gasteiger partial charge >= 0.3 is 0 Å². The molecule has 184 valence electrons. The number of amides is 1. The van der Waals surface area contributed by atoms with Crippen molar-refractivity contribution >= 4 is 23.1 Å². The molecule has 0 radical (unpaired) electrons. The SMILES string of the molecule is CC1(C)CC(=O)C2=C(C1)Nc1ccccc1N(CC(=O)NCc1ccccc1)[C@H]2c1ccc(F)cc1. The van der Waals surface area contributed by atoms with Crippen LogP contribution in [0.3, 0.4) is 0 Å². The lowest BCUT2D eigenvalue weighted by molar-refractivity contribution is -0.120. The number of rotatable bonds is 5. The van der Waals surface area contributed by atoms with Crippen molar-refractivity contribution < 1.29 is 14.0 Å². The fourth-order valence-electron chi connectivity index (χ4n) is 5.23. The lowest BCUT2D eigenvalue weighted by Crippen LogP contribution is -2.41. The molecule has 0 saturated carbocycles. The Labute approximate surface area is 211 Å². The Bertz CT molecular complexity index is 1320. The first-order valence-corrected chi connectivity index (χ1v) is 12.3. The highest BCUT2D eigenvalue weighted by Gasteiger charge is 2.41. The molecule has 5 nitrogen and oxygen atoms in total. The molecule has 3 aromatic carbocycles. The highest BCUT2D eigenvalue weighted by molar-refractivity contribution is 6.01. The first kappa shape index (κ1) is 23.8. The van der Waals surface area contributed by atoms with E-state index in [2.05, 4.69) is 24.5 Å². The van der Waals surface area contributed by atoms with E-state index < -0.39 is 6.04 Å². The Kier molecular flexibility index (Phi) is 6.35. The number of nitrogens with zero attached hydrogens (tertiary/aromatic N) is 1. The number of para-hydroxylation sites is 2. The zero-order valence-corrected chi connectivity index (χ0v) is 20.6. The zero-order valence-electron chi connectivity index (χ0n) is 20.6. The van der Waals surface area contributed by atoms with Crippen molar-refractivity contribution in [2.45, 2.75) is 39.3 Å². The molecule has 0 aromatic heterocycles. The summed E-state index contributed by atoms with van der Waals surface area (Å²) in [6.45, 7) is 4.64. The van der Waals surface area contributed by atoms with Crippen LogP contribution in [0.1, 0.15) is 43.9 Å². The maximum Gasteiger partial charge on any atom is 0.239 e. The second-order valence-corrected chi connectivity index (χ2v) is 10.3. The van der Waals surface area contributed by atoms with Crippen LogP contribution in [0, 0.1) is 11.2 Å². The van der Waals surface area contributed by atoms with Crippen molar-refractivity contribution in [2.24, 2.45) is 5.41 Å². The number of hydrogen-bond donors (Lipinski definition) is 2. The zero-order chi connectivity index (χ0) is 25.3. The van der Waals surface area contributed by atoms with Gasteiger partial charge in [0.15, 0.2) is 5.78 Å². The molecule has 2 aliphatic rings. The third-order valence-corrected chi connectivity index (χ3v) is 6.84. The Hall–Kier alpha value is -3.93. The minimum absolute atomic E-state index is 0.0427. The predicted molar refractivity (Wildman–Crippen MR) is 140 cm³/mol. The molecule has 0 bridgehead atoms. The normalized spacial score (nSPS) is 18.6. The summed E-state index contributed by atoms with van der Waals surface area (Å²) in [5, 5.41) is 6.54. The maximum atomic E-state index is 13.9. The maximum absolute atomic E-state index is 13.9. The molecule has 2 N–H and O–H groups in total. The van der Waals surface area contributed by atoms with E-state index in [1.807, 2.05) is 59.5 Å². The van der Waals surface area contributed by atoms with E-state index in [0.29, 0.717) is 25.0 Å². The monoisotopic (exact) mass is 483 g/mol. The van der Waals surface area contributed by atoms with Crippen LogP contribution in [0.25, 0.3) is 0 Å². The van der Waals surface area contributed by atoms with Gasteiger partial charge in [0.2, 0.25) is 5.91 Å². The molecular formula is C30H30FN3O2. The highest BCUT2D eigenvalue weighted by Crippen LogP contribution is 2.48. The number of fused-ring (bicyclic) bond motifs is 1. The molecule has 1 amide bonds. The summed E-state index contributed by atoms with van der Waals surface area (Å²) in [5.41, 5.74) is 4.77. The molecule has 3 aromatic rings. The van der Waals surface area contributed by atoms with Gasteiger partial charge in [-0.2, -0.15) is 0 Å². The summed E-state index contributed by atoms with van der Waals surface area (Å²) in [5.74, 6) is -0.456. The molecule has 0 saturated heterocycles. The quantitative estimate of drug-likeness (QED) is 0.485. The molecule has 1 aliphatic carbocycles. The number of carbonyl (C=O) groups excluding carboxylic acids is 2. The van der Waals surface area contributed by atoms with E-state index in [-0.39, 0.29) is 29.5 Å². The third-order valence-electron chi connectivity index (χ3n) is 6.84. The average molecular weight is 484 g/mol. The van der Waals surface area contributed by atoms with Crippen molar-refractivity contribution in [3.63, 3.8) is 0 Å². The van der Waals surface area contributed by atoms with E-state index in [1.165, 1.54) is 12.1 Å². The number of benzene rings is 3. The smallest absolute Gasteiger partial charge is 0.239 e. The Balaban J connectivity index is 1.58. The second kappa shape index (κ2) is 9.61.